The second-order valence-electron chi connectivity index (χ2n) is 6.52. The highest BCUT2D eigenvalue weighted by molar-refractivity contribution is 7.89. The van der Waals surface area contributed by atoms with E-state index in [4.69, 9.17) is 0 Å². The van der Waals surface area contributed by atoms with Crippen molar-refractivity contribution in [2.75, 3.05) is 11.9 Å². The van der Waals surface area contributed by atoms with Crippen molar-refractivity contribution in [3.8, 4) is 0 Å². The van der Waals surface area contributed by atoms with E-state index in [9.17, 15) is 12.8 Å². The van der Waals surface area contributed by atoms with Crippen molar-refractivity contribution >= 4 is 21.7 Å². The number of hydrogen-bond acceptors (Lipinski definition) is 5. The molecule has 1 fully saturated rings. The van der Waals surface area contributed by atoms with Gasteiger partial charge in [-0.15, -0.1) is 0 Å². The van der Waals surface area contributed by atoms with Crippen molar-refractivity contribution in [2.24, 2.45) is 0 Å². The molecule has 28 heavy (non-hydrogen) atoms. The molecule has 1 saturated heterocycles. The predicted octanol–water partition coefficient (Wildman–Crippen LogP) is 3.89. The third kappa shape index (κ3) is 3.74. The van der Waals surface area contributed by atoms with Crippen LogP contribution < -0.4 is 5.32 Å². The van der Waals surface area contributed by atoms with Gasteiger partial charge in [-0.05, 0) is 61.4 Å². The zero-order valence-corrected chi connectivity index (χ0v) is 15.8. The van der Waals surface area contributed by atoms with Crippen LogP contribution in [0.3, 0.4) is 0 Å². The molecule has 144 valence electrons. The number of nitrogens with one attached hydrogen (secondary N) is 1. The maximum absolute atomic E-state index is 13.2. The lowest BCUT2D eigenvalue weighted by Gasteiger charge is -2.24. The number of benzene rings is 1. The van der Waals surface area contributed by atoms with Crippen LogP contribution in [-0.4, -0.2) is 29.2 Å². The lowest BCUT2D eigenvalue weighted by atomic mass is 10.1. The fourth-order valence-corrected chi connectivity index (χ4v) is 5.01. The Hall–Kier alpha value is -2.84. The van der Waals surface area contributed by atoms with Crippen LogP contribution in [0, 0.1) is 5.82 Å². The van der Waals surface area contributed by atoms with Crippen LogP contribution in [0.4, 0.5) is 16.0 Å². The van der Waals surface area contributed by atoms with Crippen LogP contribution in [0.15, 0.2) is 71.8 Å². The van der Waals surface area contributed by atoms with E-state index in [2.05, 4.69) is 15.3 Å². The number of sulfonamides is 1. The summed E-state index contributed by atoms with van der Waals surface area (Å²) in [4.78, 5) is 8.91. The van der Waals surface area contributed by atoms with Crippen LogP contribution in [0.2, 0.25) is 0 Å². The summed E-state index contributed by atoms with van der Waals surface area (Å²) in [5.41, 5.74) is 0.670. The largest absolute Gasteiger partial charge is 0.325 e. The summed E-state index contributed by atoms with van der Waals surface area (Å²) in [6, 6.07) is 15.6. The highest BCUT2D eigenvalue weighted by Gasteiger charge is 2.37. The number of aromatic nitrogens is 2. The molecule has 2 aromatic heterocycles. The van der Waals surface area contributed by atoms with E-state index >= 15 is 0 Å². The van der Waals surface area contributed by atoms with Gasteiger partial charge in [0.05, 0.1) is 16.6 Å². The van der Waals surface area contributed by atoms with Gasteiger partial charge in [-0.2, -0.15) is 4.31 Å². The molecule has 0 spiro atoms. The first kappa shape index (κ1) is 18.5. The molecule has 6 nitrogen and oxygen atoms in total. The smallest absolute Gasteiger partial charge is 0.243 e. The average molecular weight is 398 g/mol. The maximum Gasteiger partial charge on any atom is 0.243 e. The van der Waals surface area contributed by atoms with Crippen LogP contribution in [0.25, 0.3) is 0 Å². The Balaban J connectivity index is 1.61. The van der Waals surface area contributed by atoms with Crippen LogP contribution in [0.1, 0.15) is 24.6 Å². The van der Waals surface area contributed by atoms with Gasteiger partial charge in [0.25, 0.3) is 0 Å². The standard InChI is InChI=1S/C20H19FN4O2S/c21-15-9-11-16(12-10-15)28(26,27)25-14-4-6-18(25)17-5-3-8-20(23-17)24-19-7-1-2-13-22-19/h1-3,5,7-13,18H,4,6,14H2,(H,22,23,24)/t18-/m1/s1. The molecule has 3 heterocycles. The van der Waals surface area contributed by atoms with Gasteiger partial charge in [-0.25, -0.2) is 22.8 Å². The SMILES string of the molecule is O=S(=O)(c1ccc(F)cc1)N1CCC[C@@H]1c1cccc(Nc2ccccn2)n1. The quantitative estimate of drug-likeness (QED) is 0.706. The predicted molar refractivity (Wildman–Crippen MR) is 104 cm³/mol. The van der Waals surface area contributed by atoms with Crippen LogP contribution in [0.5, 0.6) is 0 Å². The van der Waals surface area contributed by atoms with E-state index in [0.29, 0.717) is 30.3 Å². The second-order valence-corrected chi connectivity index (χ2v) is 8.41. The summed E-state index contributed by atoms with van der Waals surface area (Å²) < 4.78 is 40.7. The Kier molecular flexibility index (Phi) is 5.06. The van der Waals surface area contributed by atoms with E-state index in [0.717, 1.165) is 18.6 Å². The second kappa shape index (κ2) is 7.65. The molecule has 1 aliphatic heterocycles. The minimum atomic E-state index is -3.73. The number of halogens is 1. The number of rotatable bonds is 5. The molecule has 0 amide bonds. The number of pyridine rings is 2. The molecular weight excluding hydrogens is 379 g/mol. The first-order valence-corrected chi connectivity index (χ1v) is 10.4. The Morgan fingerprint density at radius 3 is 2.54 bits per heavy atom. The van der Waals surface area contributed by atoms with Gasteiger partial charge < -0.3 is 5.32 Å². The molecule has 0 radical (unpaired) electrons. The van der Waals surface area contributed by atoms with E-state index in [1.54, 1.807) is 6.20 Å². The Morgan fingerprint density at radius 1 is 1.00 bits per heavy atom. The lowest BCUT2D eigenvalue weighted by molar-refractivity contribution is 0.390. The monoisotopic (exact) mass is 398 g/mol. The van der Waals surface area contributed by atoms with E-state index < -0.39 is 15.8 Å². The number of hydrogen-bond donors (Lipinski definition) is 1. The van der Waals surface area contributed by atoms with Gasteiger partial charge in [0.1, 0.15) is 17.5 Å². The summed E-state index contributed by atoms with van der Waals surface area (Å²) in [5, 5.41) is 3.13. The molecule has 8 heteroatoms. The molecule has 0 unspecified atom stereocenters. The summed E-state index contributed by atoms with van der Waals surface area (Å²) in [6.45, 7) is 0.407. The minimum absolute atomic E-state index is 0.0866. The normalized spacial score (nSPS) is 17.5. The highest BCUT2D eigenvalue weighted by Crippen LogP contribution is 2.36. The average Bonchev–Trinajstić information content (AvgIpc) is 3.20. The zero-order valence-electron chi connectivity index (χ0n) is 15.0. The molecule has 0 aliphatic carbocycles. The van der Waals surface area contributed by atoms with Crippen molar-refractivity contribution < 1.29 is 12.8 Å². The fraction of sp³-hybridized carbons (Fsp3) is 0.200. The van der Waals surface area contributed by atoms with Crippen molar-refractivity contribution in [3.63, 3.8) is 0 Å². The molecule has 0 saturated carbocycles. The summed E-state index contributed by atoms with van der Waals surface area (Å²) in [5.74, 6) is 0.795. The number of anilines is 2. The van der Waals surface area contributed by atoms with Crippen molar-refractivity contribution in [3.05, 3.63) is 78.4 Å². The number of nitrogens with zero attached hydrogens (tertiary/aromatic N) is 3. The van der Waals surface area contributed by atoms with E-state index in [1.807, 2.05) is 36.4 Å². The molecule has 1 N–H and O–H groups in total. The van der Waals surface area contributed by atoms with E-state index in [1.165, 1.54) is 16.4 Å². The molecule has 1 aromatic carbocycles. The van der Waals surface area contributed by atoms with Crippen LogP contribution >= 0.6 is 0 Å². The fourth-order valence-electron chi connectivity index (χ4n) is 3.34. The molecule has 4 rings (SSSR count). The third-order valence-corrected chi connectivity index (χ3v) is 6.58. The maximum atomic E-state index is 13.2. The highest BCUT2D eigenvalue weighted by atomic mass is 32.2. The van der Waals surface area contributed by atoms with Crippen LogP contribution in [-0.2, 0) is 10.0 Å². The van der Waals surface area contributed by atoms with Gasteiger partial charge in [0, 0.05) is 12.7 Å². The zero-order chi connectivity index (χ0) is 19.6. The summed E-state index contributed by atoms with van der Waals surface area (Å²) >= 11 is 0. The molecule has 1 atom stereocenters. The van der Waals surface area contributed by atoms with E-state index in [-0.39, 0.29) is 10.9 Å². The van der Waals surface area contributed by atoms with Gasteiger partial charge in [-0.3, -0.25) is 0 Å². The van der Waals surface area contributed by atoms with Gasteiger partial charge in [0.15, 0.2) is 0 Å². The summed E-state index contributed by atoms with van der Waals surface area (Å²) in [6.07, 6.45) is 3.10. The van der Waals surface area contributed by atoms with Crippen molar-refractivity contribution in [1.29, 1.82) is 0 Å². The Labute approximate surface area is 163 Å². The van der Waals surface area contributed by atoms with Crippen molar-refractivity contribution in [1.82, 2.24) is 14.3 Å². The first-order chi connectivity index (χ1) is 13.5. The molecular formula is C20H19FN4O2S. The Bertz CT molecular complexity index is 1060. The van der Waals surface area contributed by atoms with Gasteiger partial charge in [0.2, 0.25) is 10.0 Å². The topological polar surface area (TPSA) is 75.2 Å². The minimum Gasteiger partial charge on any atom is -0.325 e. The van der Waals surface area contributed by atoms with Gasteiger partial charge >= 0.3 is 0 Å². The molecule has 0 bridgehead atoms. The third-order valence-electron chi connectivity index (χ3n) is 4.66. The van der Waals surface area contributed by atoms with Crippen molar-refractivity contribution in [2.45, 2.75) is 23.8 Å². The Morgan fingerprint density at radius 2 is 1.79 bits per heavy atom. The molecule has 3 aromatic rings. The summed E-state index contributed by atoms with van der Waals surface area (Å²) in [7, 11) is -3.73. The lowest BCUT2D eigenvalue weighted by Crippen LogP contribution is -2.31. The molecule has 1 aliphatic rings. The first-order valence-electron chi connectivity index (χ1n) is 8.96. The van der Waals surface area contributed by atoms with Gasteiger partial charge in [-0.1, -0.05) is 12.1 Å².